The van der Waals surface area contributed by atoms with Gasteiger partial charge in [0.2, 0.25) is 11.8 Å². The van der Waals surface area contributed by atoms with E-state index in [9.17, 15) is 14.4 Å². The lowest BCUT2D eigenvalue weighted by atomic mass is 10.2. The van der Waals surface area contributed by atoms with Gasteiger partial charge in [0.05, 0.1) is 0 Å². The highest BCUT2D eigenvalue weighted by Gasteiger charge is 2.15. The Morgan fingerprint density at radius 2 is 1.71 bits per heavy atom. The fraction of sp³-hybridized carbons (Fsp3) is 0.292. The third-order valence-corrected chi connectivity index (χ3v) is 3.92. The molecule has 0 radical (unpaired) electrons. The molecular weight excluding hydrogens is 394 g/mol. The smallest absolute Gasteiger partial charge is 0.407 e. The first-order valence-corrected chi connectivity index (χ1v) is 10.1. The van der Waals surface area contributed by atoms with Gasteiger partial charge < -0.3 is 20.7 Å². The molecule has 0 aromatic heterocycles. The van der Waals surface area contributed by atoms with Crippen molar-refractivity contribution in [2.75, 3.05) is 11.9 Å². The zero-order chi connectivity index (χ0) is 22.7. The summed E-state index contributed by atoms with van der Waals surface area (Å²) in [6.45, 7) is 5.82. The second-order valence-corrected chi connectivity index (χ2v) is 7.89. The van der Waals surface area contributed by atoms with Crippen LogP contribution in [0.15, 0.2) is 60.7 Å². The van der Waals surface area contributed by atoms with Crippen LogP contribution in [0.2, 0.25) is 0 Å². The van der Waals surface area contributed by atoms with Crippen LogP contribution in [0.3, 0.4) is 0 Å². The lowest BCUT2D eigenvalue weighted by Crippen LogP contribution is -2.34. The fourth-order valence-corrected chi connectivity index (χ4v) is 2.56. The van der Waals surface area contributed by atoms with Crippen molar-refractivity contribution < 1.29 is 19.1 Å². The molecule has 3 N–H and O–H groups in total. The van der Waals surface area contributed by atoms with Crippen LogP contribution in [0.5, 0.6) is 0 Å². The molecule has 0 fully saturated rings. The van der Waals surface area contributed by atoms with E-state index in [0.29, 0.717) is 12.2 Å². The maximum Gasteiger partial charge on any atom is 0.407 e. The van der Waals surface area contributed by atoms with Crippen molar-refractivity contribution in [3.05, 3.63) is 71.8 Å². The Kier molecular flexibility index (Phi) is 8.81. The minimum atomic E-state index is -0.584. The van der Waals surface area contributed by atoms with E-state index >= 15 is 0 Å². The summed E-state index contributed by atoms with van der Waals surface area (Å²) < 4.78 is 5.12. The number of rotatable bonds is 8. The molecule has 164 valence electrons. The highest BCUT2D eigenvalue weighted by molar-refractivity contribution is 5.92. The molecule has 0 heterocycles. The number of hydrogen-bond donors (Lipinski definition) is 3. The molecule has 2 aromatic rings. The van der Waals surface area contributed by atoms with E-state index in [1.165, 1.54) is 6.08 Å². The summed E-state index contributed by atoms with van der Waals surface area (Å²) in [5, 5.41) is 8.14. The first kappa shape index (κ1) is 23.7. The van der Waals surface area contributed by atoms with Crippen LogP contribution in [0.1, 0.15) is 38.3 Å². The molecule has 0 unspecified atom stereocenters. The lowest BCUT2D eigenvalue weighted by Gasteiger charge is -2.19. The molecule has 3 amide bonds. The topological polar surface area (TPSA) is 96.5 Å². The Bertz CT molecular complexity index is 918. The number of nitrogens with one attached hydrogen (secondary N) is 3. The van der Waals surface area contributed by atoms with Gasteiger partial charge in [0.25, 0.3) is 0 Å². The number of alkyl carbamates (subject to hydrolysis) is 1. The zero-order valence-electron chi connectivity index (χ0n) is 18.1. The largest absolute Gasteiger partial charge is 0.444 e. The van der Waals surface area contributed by atoms with Gasteiger partial charge in [-0.05, 0) is 50.1 Å². The van der Waals surface area contributed by atoms with Gasteiger partial charge in [0.15, 0.2) is 0 Å². The highest BCUT2D eigenvalue weighted by atomic mass is 16.6. The first-order valence-electron chi connectivity index (χ1n) is 10.1. The van der Waals surface area contributed by atoms with Crippen LogP contribution in [0.4, 0.5) is 10.5 Å². The van der Waals surface area contributed by atoms with Crippen LogP contribution in [0, 0.1) is 0 Å². The molecule has 0 aliphatic carbocycles. The molecule has 7 nitrogen and oxygen atoms in total. The van der Waals surface area contributed by atoms with E-state index in [-0.39, 0.29) is 24.8 Å². The summed E-state index contributed by atoms with van der Waals surface area (Å²) in [7, 11) is 0. The van der Waals surface area contributed by atoms with Crippen LogP contribution in [0.25, 0.3) is 6.08 Å². The van der Waals surface area contributed by atoms with Gasteiger partial charge in [0.1, 0.15) is 5.60 Å². The lowest BCUT2D eigenvalue weighted by molar-refractivity contribution is -0.117. The Hall–Kier alpha value is -3.61. The van der Waals surface area contributed by atoms with E-state index in [2.05, 4.69) is 16.0 Å². The second kappa shape index (κ2) is 11.5. The molecule has 31 heavy (non-hydrogen) atoms. The normalized spacial score (nSPS) is 11.1. The monoisotopic (exact) mass is 423 g/mol. The third-order valence-electron chi connectivity index (χ3n) is 3.92. The molecule has 0 aliphatic heterocycles. The van der Waals surface area contributed by atoms with Gasteiger partial charge in [-0.2, -0.15) is 0 Å². The first-order chi connectivity index (χ1) is 14.7. The molecule has 0 aliphatic rings. The van der Waals surface area contributed by atoms with Crippen molar-refractivity contribution in [1.82, 2.24) is 10.6 Å². The Morgan fingerprint density at radius 3 is 2.42 bits per heavy atom. The molecule has 0 spiro atoms. The fourth-order valence-electron chi connectivity index (χ4n) is 2.56. The molecule has 2 aromatic carbocycles. The maximum absolute atomic E-state index is 12.1. The van der Waals surface area contributed by atoms with Crippen molar-refractivity contribution >= 4 is 29.7 Å². The van der Waals surface area contributed by atoms with Crippen molar-refractivity contribution in [2.24, 2.45) is 0 Å². The van der Waals surface area contributed by atoms with Gasteiger partial charge in [0, 0.05) is 31.3 Å². The summed E-state index contributed by atoms with van der Waals surface area (Å²) in [4.78, 5) is 35.7. The number of amides is 3. The Labute approximate surface area is 182 Å². The van der Waals surface area contributed by atoms with E-state index in [1.807, 2.05) is 36.4 Å². The van der Waals surface area contributed by atoms with Gasteiger partial charge >= 0.3 is 6.09 Å². The van der Waals surface area contributed by atoms with E-state index in [4.69, 9.17) is 4.74 Å². The Morgan fingerprint density at radius 1 is 0.968 bits per heavy atom. The minimum absolute atomic E-state index is 0.116. The molecule has 0 saturated heterocycles. The van der Waals surface area contributed by atoms with Crippen molar-refractivity contribution in [1.29, 1.82) is 0 Å². The number of carbonyl (C=O) groups excluding carboxylic acids is 3. The summed E-state index contributed by atoms with van der Waals surface area (Å²) in [5.74, 6) is -0.436. The van der Waals surface area contributed by atoms with Crippen molar-refractivity contribution in [3.63, 3.8) is 0 Å². The van der Waals surface area contributed by atoms with Gasteiger partial charge in [-0.25, -0.2) is 4.79 Å². The molecule has 0 atom stereocenters. The summed E-state index contributed by atoms with van der Waals surface area (Å²) in [6.07, 6.45) is 2.79. The van der Waals surface area contributed by atoms with Crippen molar-refractivity contribution in [3.8, 4) is 0 Å². The standard InChI is InChI=1S/C24H29N3O4/c1-24(2,3)31-23(30)25-15-14-22(29)27-20-11-7-10-19(16-20)17-26-21(28)13-12-18-8-5-4-6-9-18/h4-13,16H,14-15,17H2,1-3H3,(H,25,30)(H,26,28)(H,27,29)/b13-12+. The van der Waals surface area contributed by atoms with Crippen molar-refractivity contribution in [2.45, 2.75) is 39.3 Å². The van der Waals surface area contributed by atoms with Crippen LogP contribution >= 0.6 is 0 Å². The van der Waals surface area contributed by atoms with Crippen LogP contribution < -0.4 is 16.0 Å². The quantitative estimate of drug-likeness (QED) is 0.562. The zero-order valence-corrected chi connectivity index (χ0v) is 18.1. The van der Waals surface area contributed by atoms with E-state index in [0.717, 1.165) is 11.1 Å². The number of anilines is 1. The predicted molar refractivity (Wildman–Crippen MR) is 121 cm³/mol. The molecule has 0 bridgehead atoms. The van der Waals surface area contributed by atoms with Gasteiger partial charge in [-0.3, -0.25) is 9.59 Å². The average Bonchev–Trinajstić information content (AvgIpc) is 2.70. The number of ether oxygens (including phenoxy) is 1. The minimum Gasteiger partial charge on any atom is -0.444 e. The summed E-state index contributed by atoms with van der Waals surface area (Å²) in [5.41, 5.74) is 1.84. The van der Waals surface area contributed by atoms with Crippen LogP contribution in [-0.2, 0) is 20.9 Å². The van der Waals surface area contributed by atoms with E-state index < -0.39 is 11.7 Å². The van der Waals surface area contributed by atoms with Gasteiger partial charge in [-0.1, -0.05) is 42.5 Å². The molecule has 7 heteroatoms. The molecule has 2 rings (SSSR count). The summed E-state index contributed by atoms with van der Waals surface area (Å²) >= 11 is 0. The third kappa shape index (κ3) is 10.1. The summed E-state index contributed by atoms with van der Waals surface area (Å²) in [6, 6.07) is 16.8. The molecular formula is C24H29N3O4. The second-order valence-electron chi connectivity index (χ2n) is 7.89. The SMILES string of the molecule is CC(C)(C)OC(=O)NCCC(=O)Nc1cccc(CNC(=O)/C=C/c2ccccc2)c1. The Balaban J connectivity index is 1.75. The maximum atomic E-state index is 12.1. The predicted octanol–water partition coefficient (Wildman–Crippen LogP) is 3.87. The molecule has 0 saturated carbocycles. The number of hydrogen-bond acceptors (Lipinski definition) is 4. The number of benzene rings is 2. The van der Waals surface area contributed by atoms with Crippen LogP contribution in [-0.4, -0.2) is 30.1 Å². The highest BCUT2D eigenvalue weighted by Crippen LogP contribution is 2.11. The van der Waals surface area contributed by atoms with Gasteiger partial charge in [-0.15, -0.1) is 0 Å². The van der Waals surface area contributed by atoms with E-state index in [1.54, 1.807) is 45.0 Å². The average molecular weight is 424 g/mol. The number of carbonyl (C=O) groups is 3.